The van der Waals surface area contributed by atoms with Gasteiger partial charge in [-0.25, -0.2) is 8.42 Å². The molecule has 1 rings (SSSR count). The third-order valence-corrected chi connectivity index (χ3v) is 5.00. The predicted molar refractivity (Wildman–Crippen MR) is 77.9 cm³/mol. The molecule has 8 heteroatoms. The fourth-order valence-electron chi connectivity index (χ4n) is 1.93. The molecule has 0 aromatic rings. The number of rotatable bonds is 6. The zero-order chi connectivity index (χ0) is 13.6. The van der Waals surface area contributed by atoms with E-state index in [1.807, 2.05) is 0 Å². The van der Waals surface area contributed by atoms with E-state index in [-0.39, 0.29) is 30.6 Å². The van der Waals surface area contributed by atoms with E-state index in [0.29, 0.717) is 12.5 Å². The van der Waals surface area contributed by atoms with Crippen LogP contribution in [0.3, 0.4) is 0 Å². The first-order valence-corrected chi connectivity index (χ1v) is 7.98. The summed E-state index contributed by atoms with van der Waals surface area (Å²) < 4.78 is 24.1. The highest BCUT2D eigenvalue weighted by Gasteiger charge is 2.19. The molecule has 0 saturated carbocycles. The topological polar surface area (TPSA) is 78.5 Å². The molecule has 0 radical (unpaired) electrons. The first kappa shape index (κ1) is 18.6. The van der Waals surface area contributed by atoms with Crippen LogP contribution in [0.4, 0.5) is 0 Å². The van der Waals surface area contributed by atoms with E-state index in [0.717, 1.165) is 30.2 Å². The molecule has 0 spiro atoms. The molecule has 1 heterocycles. The maximum atomic E-state index is 11.6. The van der Waals surface area contributed by atoms with Crippen LogP contribution in [0.25, 0.3) is 0 Å². The number of sulfonamides is 1. The van der Waals surface area contributed by atoms with Crippen molar-refractivity contribution in [3.63, 3.8) is 0 Å². The van der Waals surface area contributed by atoms with E-state index in [1.54, 1.807) is 6.92 Å². The SMILES string of the molecule is CCS(=O)(=O)N(C)CC(=O)NCC1CCCNC1.Cl. The zero-order valence-corrected chi connectivity index (χ0v) is 13.1. The molecule has 1 amide bonds. The molecule has 1 fully saturated rings. The van der Waals surface area contributed by atoms with Gasteiger partial charge in [0, 0.05) is 13.6 Å². The second-order valence-electron chi connectivity index (χ2n) is 4.67. The third kappa shape index (κ3) is 6.56. The van der Waals surface area contributed by atoms with Gasteiger partial charge in [-0.1, -0.05) is 0 Å². The summed E-state index contributed by atoms with van der Waals surface area (Å²) in [6.07, 6.45) is 2.24. The van der Waals surface area contributed by atoms with Crippen molar-refractivity contribution < 1.29 is 13.2 Å². The zero-order valence-electron chi connectivity index (χ0n) is 11.5. The van der Waals surface area contributed by atoms with Gasteiger partial charge in [-0.05, 0) is 38.8 Å². The van der Waals surface area contributed by atoms with Gasteiger partial charge < -0.3 is 10.6 Å². The molecular formula is C11H24ClN3O3S. The molecule has 0 aliphatic carbocycles. The molecule has 2 N–H and O–H groups in total. The lowest BCUT2D eigenvalue weighted by Crippen LogP contribution is -2.42. The lowest BCUT2D eigenvalue weighted by Gasteiger charge is -2.23. The van der Waals surface area contributed by atoms with Crippen molar-refractivity contribution >= 4 is 28.3 Å². The van der Waals surface area contributed by atoms with Gasteiger partial charge in [0.2, 0.25) is 15.9 Å². The number of nitrogens with one attached hydrogen (secondary N) is 2. The molecule has 1 aliphatic rings. The molecule has 0 bridgehead atoms. The maximum Gasteiger partial charge on any atom is 0.235 e. The molecule has 114 valence electrons. The average Bonchev–Trinajstić information content (AvgIpc) is 2.37. The smallest absolute Gasteiger partial charge is 0.235 e. The normalized spacial score (nSPS) is 19.8. The van der Waals surface area contributed by atoms with Gasteiger partial charge in [-0.15, -0.1) is 12.4 Å². The Balaban J connectivity index is 0.00000324. The van der Waals surface area contributed by atoms with Crippen LogP contribution in [-0.2, 0) is 14.8 Å². The first-order chi connectivity index (χ1) is 8.45. The lowest BCUT2D eigenvalue weighted by molar-refractivity contribution is -0.121. The van der Waals surface area contributed by atoms with Gasteiger partial charge in [-0.2, -0.15) is 4.31 Å². The van der Waals surface area contributed by atoms with Gasteiger partial charge in [-0.3, -0.25) is 4.79 Å². The Morgan fingerprint density at radius 1 is 1.47 bits per heavy atom. The molecule has 0 aromatic carbocycles. The summed E-state index contributed by atoms with van der Waals surface area (Å²) in [6.45, 7) is 4.05. The summed E-state index contributed by atoms with van der Waals surface area (Å²) in [4.78, 5) is 11.6. The van der Waals surface area contributed by atoms with Gasteiger partial charge >= 0.3 is 0 Å². The van der Waals surface area contributed by atoms with E-state index in [9.17, 15) is 13.2 Å². The average molecular weight is 314 g/mol. The van der Waals surface area contributed by atoms with Gasteiger partial charge in [0.15, 0.2) is 0 Å². The molecule has 1 saturated heterocycles. The number of likely N-dealkylation sites (N-methyl/N-ethyl adjacent to an activating group) is 1. The number of amides is 1. The van der Waals surface area contributed by atoms with Crippen LogP contribution in [0.2, 0.25) is 0 Å². The molecule has 1 atom stereocenters. The summed E-state index contributed by atoms with van der Waals surface area (Å²) in [5.74, 6) is 0.236. The molecule has 0 aromatic heterocycles. The number of hydrogen-bond acceptors (Lipinski definition) is 4. The number of carbonyl (C=O) groups is 1. The lowest BCUT2D eigenvalue weighted by atomic mass is 10.00. The van der Waals surface area contributed by atoms with Gasteiger partial charge in [0.1, 0.15) is 0 Å². The molecule has 6 nitrogen and oxygen atoms in total. The van der Waals surface area contributed by atoms with Crippen LogP contribution >= 0.6 is 12.4 Å². The second kappa shape index (κ2) is 8.73. The summed E-state index contributed by atoms with van der Waals surface area (Å²) in [6, 6.07) is 0. The van der Waals surface area contributed by atoms with Crippen molar-refractivity contribution in [2.45, 2.75) is 19.8 Å². The van der Waals surface area contributed by atoms with E-state index >= 15 is 0 Å². The Hall–Kier alpha value is -0.370. The summed E-state index contributed by atoms with van der Waals surface area (Å²) in [5.41, 5.74) is 0. The fraction of sp³-hybridized carbons (Fsp3) is 0.909. The van der Waals surface area contributed by atoms with E-state index < -0.39 is 10.0 Å². The van der Waals surface area contributed by atoms with Crippen LogP contribution in [0.1, 0.15) is 19.8 Å². The Kier molecular flexibility index (Phi) is 8.56. The molecule has 19 heavy (non-hydrogen) atoms. The van der Waals surface area contributed by atoms with Crippen molar-refractivity contribution in [1.29, 1.82) is 0 Å². The van der Waals surface area contributed by atoms with E-state index in [4.69, 9.17) is 0 Å². The fourth-order valence-corrected chi connectivity index (χ4v) is 2.69. The Morgan fingerprint density at radius 3 is 2.68 bits per heavy atom. The highest BCUT2D eigenvalue weighted by atomic mass is 35.5. The maximum absolute atomic E-state index is 11.6. The van der Waals surface area contributed by atoms with E-state index in [2.05, 4.69) is 10.6 Å². The van der Waals surface area contributed by atoms with Crippen LogP contribution in [-0.4, -0.2) is 57.6 Å². The number of piperidine rings is 1. The molecule has 1 aliphatic heterocycles. The highest BCUT2D eigenvalue weighted by molar-refractivity contribution is 7.89. The van der Waals surface area contributed by atoms with Crippen LogP contribution < -0.4 is 10.6 Å². The van der Waals surface area contributed by atoms with Crippen molar-refractivity contribution in [2.24, 2.45) is 5.92 Å². The highest BCUT2D eigenvalue weighted by Crippen LogP contribution is 2.08. The minimum atomic E-state index is -3.28. The van der Waals surface area contributed by atoms with E-state index in [1.165, 1.54) is 7.05 Å². The van der Waals surface area contributed by atoms with Crippen molar-refractivity contribution in [3.05, 3.63) is 0 Å². The van der Waals surface area contributed by atoms with Gasteiger partial charge in [0.25, 0.3) is 0 Å². The minimum Gasteiger partial charge on any atom is -0.355 e. The standard InChI is InChI=1S/C11H23N3O3S.ClH/c1-3-18(16,17)14(2)9-11(15)13-8-10-5-4-6-12-7-10;/h10,12H,3-9H2,1-2H3,(H,13,15);1H. The minimum absolute atomic E-state index is 0. The number of halogens is 1. The van der Waals surface area contributed by atoms with Gasteiger partial charge in [0.05, 0.1) is 12.3 Å². The van der Waals surface area contributed by atoms with Crippen LogP contribution in [0.5, 0.6) is 0 Å². The molecule has 1 unspecified atom stereocenters. The summed E-state index contributed by atoms with van der Waals surface area (Å²) in [5, 5.41) is 6.07. The Labute approximate surface area is 121 Å². The monoisotopic (exact) mass is 313 g/mol. The quantitative estimate of drug-likeness (QED) is 0.712. The second-order valence-corrected chi connectivity index (χ2v) is 7.04. The Bertz CT molecular complexity index is 369. The van der Waals surface area contributed by atoms with Crippen molar-refractivity contribution in [3.8, 4) is 0 Å². The first-order valence-electron chi connectivity index (χ1n) is 6.37. The third-order valence-electron chi connectivity index (χ3n) is 3.19. The van der Waals surface area contributed by atoms with Crippen molar-refractivity contribution in [2.75, 3.05) is 39.0 Å². The van der Waals surface area contributed by atoms with Crippen LogP contribution in [0.15, 0.2) is 0 Å². The summed E-state index contributed by atoms with van der Waals surface area (Å²) in [7, 11) is -1.85. The van der Waals surface area contributed by atoms with Crippen molar-refractivity contribution in [1.82, 2.24) is 14.9 Å². The predicted octanol–water partition coefficient (Wildman–Crippen LogP) is -0.194. The molecular weight excluding hydrogens is 290 g/mol. The largest absolute Gasteiger partial charge is 0.355 e. The van der Waals surface area contributed by atoms with Crippen LogP contribution in [0, 0.1) is 5.92 Å². The summed E-state index contributed by atoms with van der Waals surface area (Å²) >= 11 is 0. The number of carbonyl (C=O) groups excluding carboxylic acids is 1. The number of hydrogen-bond donors (Lipinski definition) is 2. The number of nitrogens with zero attached hydrogens (tertiary/aromatic N) is 1. The Morgan fingerprint density at radius 2 is 2.16 bits per heavy atom.